The number of aromatic nitrogens is 1. The molecule has 0 aliphatic carbocycles. The zero-order chi connectivity index (χ0) is 13.9. The normalized spacial score (nSPS) is 11.9. The van der Waals surface area contributed by atoms with Gasteiger partial charge in [-0.3, -0.25) is 0 Å². The number of rotatable bonds is 5. The van der Waals surface area contributed by atoms with Crippen molar-refractivity contribution >= 4 is 22.8 Å². The van der Waals surface area contributed by atoms with Crippen LogP contribution in [-0.4, -0.2) is 30.9 Å². The van der Waals surface area contributed by atoms with Crippen LogP contribution in [0.4, 0.5) is 24.9 Å². The van der Waals surface area contributed by atoms with Gasteiger partial charge >= 0.3 is 6.18 Å². The number of oxazole rings is 1. The van der Waals surface area contributed by atoms with Crippen LogP contribution in [0.2, 0.25) is 0 Å². The van der Waals surface area contributed by atoms with Crippen molar-refractivity contribution in [2.24, 2.45) is 0 Å². The van der Waals surface area contributed by atoms with Crippen LogP contribution >= 0.6 is 0 Å². The molecule has 8 heteroatoms. The van der Waals surface area contributed by atoms with Gasteiger partial charge in [0.25, 0.3) is 6.01 Å². The molecule has 0 saturated heterocycles. The van der Waals surface area contributed by atoms with Crippen LogP contribution in [0.15, 0.2) is 22.6 Å². The van der Waals surface area contributed by atoms with E-state index in [2.05, 4.69) is 15.0 Å². The molecular formula is C11H12F3N3O2. The van der Waals surface area contributed by atoms with Gasteiger partial charge < -0.3 is 20.2 Å². The summed E-state index contributed by atoms with van der Waals surface area (Å²) in [7, 11) is 0. The number of fused-ring (bicyclic) bond motifs is 1. The molecule has 0 atom stereocenters. The first kappa shape index (κ1) is 13.5. The number of halogens is 3. The molecule has 0 aliphatic heterocycles. The van der Waals surface area contributed by atoms with Crippen LogP contribution in [0, 0.1) is 0 Å². The number of nitrogens with two attached hydrogens (primary N) is 1. The highest BCUT2D eigenvalue weighted by atomic mass is 19.4. The van der Waals surface area contributed by atoms with E-state index >= 15 is 0 Å². The Labute approximate surface area is 106 Å². The molecule has 0 unspecified atom stereocenters. The minimum absolute atomic E-state index is 0.0969. The number of nitrogen functional groups attached to an aromatic ring is 1. The van der Waals surface area contributed by atoms with Crippen LogP contribution < -0.4 is 11.1 Å². The Kier molecular flexibility index (Phi) is 3.79. The summed E-state index contributed by atoms with van der Waals surface area (Å²) >= 11 is 0. The van der Waals surface area contributed by atoms with Gasteiger partial charge in [0.1, 0.15) is 12.1 Å². The highest BCUT2D eigenvalue weighted by molar-refractivity contribution is 5.78. The molecule has 1 aromatic heterocycles. The largest absolute Gasteiger partial charge is 0.424 e. The first-order valence-corrected chi connectivity index (χ1v) is 5.48. The lowest BCUT2D eigenvalue weighted by Crippen LogP contribution is -2.20. The average molecular weight is 275 g/mol. The number of alkyl halides is 3. The van der Waals surface area contributed by atoms with E-state index in [-0.39, 0.29) is 19.2 Å². The molecule has 2 rings (SSSR count). The van der Waals surface area contributed by atoms with E-state index in [0.717, 1.165) is 0 Å². The molecule has 0 fully saturated rings. The third kappa shape index (κ3) is 4.02. The molecule has 0 radical (unpaired) electrons. The maximum absolute atomic E-state index is 11.8. The Balaban J connectivity index is 1.82. The molecule has 0 spiro atoms. The lowest BCUT2D eigenvalue weighted by atomic mass is 10.3. The smallest absolute Gasteiger partial charge is 0.411 e. The van der Waals surface area contributed by atoms with Crippen LogP contribution in [-0.2, 0) is 4.74 Å². The number of nitrogens with zero attached hydrogens (tertiary/aromatic N) is 1. The van der Waals surface area contributed by atoms with Gasteiger partial charge in [0.15, 0.2) is 5.58 Å². The van der Waals surface area contributed by atoms with Crippen molar-refractivity contribution < 1.29 is 22.3 Å². The summed E-state index contributed by atoms with van der Waals surface area (Å²) in [6.45, 7) is -1.20. The van der Waals surface area contributed by atoms with Gasteiger partial charge in [0.2, 0.25) is 0 Å². The van der Waals surface area contributed by atoms with Gasteiger partial charge in [-0.1, -0.05) is 0 Å². The van der Waals surface area contributed by atoms with Crippen LogP contribution in [0.3, 0.4) is 0 Å². The Morgan fingerprint density at radius 1 is 1.37 bits per heavy atom. The van der Waals surface area contributed by atoms with Crippen molar-refractivity contribution in [2.45, 2.75) is 6.18 Å². The zero-order valence-corrected chi connectivity index (χ0v) is 9.83. The third-order valence-electron chi connectivity index (χ3n) is 2.20. The van der Waals surface area contributed by atoms with E-state index in [4.69, 9.17) is 10.2 Å². The Hall–Kier alpha value is -1.96. The van der Waals surface area contributed by atoms with E-state index in [0.29, 0.717) is 16.8 Å². The summed E-state index contributed by atoms with van der Waals surface area (Å²) in [5.74, 6) is 0. The predicted octanol–water partition coefficient (Wildman–Crippen LogP) is 2.40. The number of hydrogen-bond acceptors (Lipinski definition) is 5. The van der Waals surface area contributed by atoms with E-state index in [1.165, 1.54) is 0 Å². The fourth-order valence-corrected chi connectivity index (χ4v) is 1.44. The van der Waals surface area contributed by atoms with Crippen LogP contribution in [0.25, 0.3) is 11.1 Å². The number of anilines is 2. The van der Waals surface area contributed by atoms with Crippen molar-refractivity contribution in [1.29, 1.82) is 0 Å². The average Bonchev–Trinajstić information content (AvgIpc) is 2.68. The Morgan fingerprint density at radius 2 is 2.16 bits per heavy atom. The monoisotopic (exact) mass is 275 g/mol. The molecule has 5 nitrogen and oxygen atoms in total. The Morgan fingerprint density at radius 3 is 2.89 bits per heavy atom. The molecule has 0 bridgehead atoms. The third-order valence-corrected chi connectivity index (χ3v) is 2.20. The summed E-state index contributed by atoms with van der Waals surface area (Å²) in [5.41, 5.74) is 7.27. The fraction of sp³-hybridized carbons (Fsp3) is 0.364. The second-order valence-electron chi connectivity index (χ2n) is 3.84. The van der Waals surface area contributed by atoms with Gasteiger partial charge in [0, 0.05) is 12.2 Å². The number of nitrogens with one attached hydrogen (secondary N) is 1. The quantitative estimate of drug-likeness (QED) is 0.647. The standard InChI is InChI=1S/C11H12F3N3O2/c12-11(13,14)6-18-4-3-16-10-17-8-5-7(15)1-2-9(8)19-10/h1-2,5H,3-4,6,15H2,(H,16,17). The number of hydrogen-bond donors (Lipinski definition) is 2. The van der Waals surface area contributed by atoms with E-state index in [1.54, 1.807) is 18.2 Å². The van der Waals surface area contributed by atoms with Crippen molar-refractivity contribution in [3.05, 3.63) is 18.2 Å². The fourth-order valence-electron chi connectivity index (χ4n) is 1.44. The van der Waals surface area contributed by atoms with E-state index in [9.17, 15) is 13.2 Å². The number of benzene rings is 1. The highest BCUT2D eigenvalue weighted by Crippen LogP contribution is 2.20. The van der Waals surface area contributed by atoms with Gasteiger partial charge in [-0.15, -0.1) is 0 Å². The summed E-state index contributed by atoms with van der Waals surface area (Å²) in [6.07, 6.45) is -4.31. The topological polar surface area (TPSA) is 73.3 Å². The van der Waals surface area contributed by atoms with Gasteiger partial charge in [-0.25, -0.2) is 0 Å². The van der Waals surface area contributed by atoms with Crippen LogP contribution in [0.5, 0.6) is 0 Å². The summed E-state index contributed by atoms with van der Waals surface area (Å²) in [6, 6.07) is 5.20. The summed E-state index contributed by atoms with van der Waals surface area (Å²) < 4.78 is 45.1. The van der Waals surface area contributed by atoms with Gasteiger partial charge in [0.05, 0.1) is 6.61 Å². The molecule has 0 amide bonds. The van der Waals surface area contributed by atoms with E-state index in [1.807, 2.05) is 0 Å². The highest BCUT2D eigenvalue weighted by Gasteiger charge is 2.27. The zero-order valence-electron chi connectivity index (χ0n) is 9.83. The molecule has 3 N–H and O–H groups in total. The minimum Gasteiger partial charge on any atom is -0.424 e. The molecule has 104 valence electrons. The first-order chi connectivity index (χ1) is 8.94. The molecule has 2 aromatic rings. The molecule has 1 aromatic carbocycles. The van der Waals surface area contributed by atoms with Crippen molar-refractivity contribution in [2.75, 3.05) is 30.8 Å². The van der Waals surface area contributed by atoms with Gasteiger partial charge in [-0.2, -0.15) is 18.2 Å². The Bertz CT molecular complexity index is 554. The lowest BCUT2D eigenvalue weighted by molar-refractivity contribution is -0.172. The predicted molar refractivity (Wildman–Crippen MR) is 63.8 cm³/mol. The molecule has 0 saturated carbocycles. The second kappa shape index (κ2) is 5.35. The number of ether oxygens (including phenoxy) is 1. The van der Waals surface area contributed by atoms with Crippen molar-refractivity contribution in [3.8, 4) is 0 Å². The molecular weight excluding hydrogens is 263 g/mol. The molecule has 0 aliphatic rings. The second-order valence-corrected chi connectivity index (χ2v) is 3.84. The SMILES string of the molecule is Nc1ccc2oc(NCCOCC(F)(F)F)nc2c1. The lowest BCUT2D eigenvalue weighted by Gasteiger charge is -2.07. The summed E-state index contributed by atoms with van der Waals surface area (Å²) in [5, 5.41) is 2.73. The van der Waals surface area contributed by atoms with Gasteiger partial charge in [-0.05, 0) is 18.2 Å². The minimum atomic E-state index is -4.31. The maximum atomic E-state index is 11.8. The summed E-state index contributed by atoms with van der Waals surface area (Å²) in [4.78, 5) is 4.08. The van der Waals surface area contributed by atoms with Crippen molar-refractivity contribution in [1.82, 2.24) is 4.98 Å². The molecule has 1 heterocycles. The van der Waals surface area contributed by atoms with Crippen molar-refractivity contribution in [3.63, 3.8) is 0 Å². The van der Waals surface area contributed by atoms with Crippen LogP contribution in [0.1, 0.15) is 0 Å². The van der Waals surface area contributed by atoms with E-state index < -0.39 is 12.8 Å². The first-order valence-electron chi connectivity index (χ1n) is 5.48. The molecule has 19 heavy (non-hydrogen) atoms. The maximum Gasteiger partial charge on any atom is 0.411 e.